The number of aliphatic hydroxyl groups excluding tert-OH is 1. The SMILES string of the molecule is COc1ccc(Br)c(CC(O)CC(C)(C)C)c1. The molecule has 0 bridgehead atoms. The summed E-state index contributed by atoms with van der Waals surface area (Å²) in [5.74, 6) is 0.825. The summed E-state index contributed by atoms with van der Waals surface area (Å²) in [4.78, 5) is 0. The molecule has 96 valence electrons. The first-order valence-electron chi connectivity index (χ1n) is 5.82. The van der Waals surface area contributed by atoms with Crippen molar-refractivity contribution in [3.05, 3.63) is 28.2 Å². The van der Waals surface area contributed by atoms with Gasteiger partial charge < -0.3 is 9.84 Å². The molecule has 1 rings (SSSR count). The fraction of sp³-hybridized carbons (Fsp3) is 0.571. The van der Waals surface area contributed by atoms with Gasteiger partial charge >= 0.3 is 0 Å². The number of rotatable bonds is 4. The van der Waals surface area contributed by atoms with Gasteiger partial charge in [0.2, 0.25) is 0 Å². The first-order chi connectivity index (χ1) is 7.81. The predicted molar refractivity (Wildman–Crippen MR) is 74.5 cm³/mol. The third-order valence-electron chi connectivity index (χ3n) is 2.56. The maximum Gasteiger partial charge on any atom is 0.119 e. The van der Waals surface area contributed by atoms with Crippen molar-refractivity contribution < 1.29 is 9.84 Å². The Bertz CT molecular complexity index is 369. The predicted octanol–water partition coefficient (Wildman–Crippen LogP) is 3.80. The maximum absolute atomic E-state index is 10.1. The van der Waals surface area contributed by atoms with Crippen LogP contribution in [0.1, 0.15) is 32.8 Å². The summed E-state index contributed by atoms with van der Waals surface area (Å²) < 4.78 is 6.21. The standard InChI is InChI=1S/C14H21BrO2/c1-14(2,3)9-11(16)7-10-8-12(17-4)5-6-13(10)15/h5-6,8,11,16H,7,9H2,1-4H3. The zero-order chi connectivity index (χ0) is 13.1. The fourth-order valence-electron chi connectivity index (χ4n) is 1.87. The molecule has 0 saturated heterocycles. The molecule has 0 aromatic heterocycles. The normalized spacial score (nSPS) is 13.5. The Morgan fingerprint density at radius 3 is 2.53 bits per heavy atom. The number of halogens is 1. The Hall–Kier alpha value is -0.540. The van der Waals surface area contributed by atoms with E-state index < -0.39 is 0 Å². The Kier molecular flexibility index (Phi) is 5.02. The van der Waals surface area contributed by atoms with Crippen molar-refractivity contribution in [2.24, 2.45) is 5.41 Å². The van der Waals surface area contributed by atoms with Crippen LogP contribution in [0.25, 0.3) is 0 Å². The molecule has 0 saturated carbocycles. The van der Waals surface area contributed by atoms with Gasteiger partial charge in [0.05, 0.1) is 13.2 Å². The second kappa shape index (κ2) is 5.87. The number of benzene rings is 1. The molecule has 1 aromatic rings. The van der Waals surface area contributed by atoms with Gasteiger partial charge in [-0.05, 0) is 42.0 Å². The molecule has 0 aliphatic heterocycles. The van der Waals surface area contributed by atoms with Crippen molar-refractivity contribution in [3.63, 3.8) is 0 Å². The van der Waals surface area contributed by atoms with Crippen LogP contribution in [-0.2, 0) is 6.42 Å². The molecule has 1 unspecified atom stereocenters. The molecule has 3 heteroatoms. The molecule has 0 aliphatic carbocycles. The monoisotopic (exact) mass is 300 g/mol. The van der Waals surface area contributed by atoms with Gasteiger partial charge in [-0.1, -0.05) is 36.7 Å². The van der Waals surface area contributed by atoms with Crippen LogP contribution in [0.3, 0.4) is 0 Å². The van der Waals surface area contributed by atoms with Crippen LogP contribution in [-0.4, -0.2) is 18.3 Å². The number of ether oxygens (including phenoxy) is 1. The highest BCUT2D eigenvalue weighted by atomic mass is 79.9. The minimum Gasteiger partial charge on any atom is -0.497 e. The van der Waals surface area contributed by atoms with Gasteiger partial charge in [0.25, 0.3) is 0 Å². The van der Waals surface area contributed by atoms with E-state index in [2.05, 4.69) is 36.7 Å². The summed E-state index contributed by atoms with van der Waals surface area (Å²) in [6.07, 6.45) is 1.12. The first kappa shape index (κ1) is 14.5. The van der Waals surface area contributed by atoms with Crippen LogP contribution >= 0.6 is 15.9 Å². The Balaban J connectivity index is 2.73. The molecule has 0 fully saturated rings. The number of methoxy groups -OCH3 is 1. The van der Waals surface area contributed by atoms with Gasteiger partial charge in [0, 0.05) is 4.47 Å². The van der Waals surface area contributed by atoms with Crippen molar-refractivity contribution >= 4 is 15.9 Å². The van der Waals surface area contributed by atoms with Gasteiger partial charge in [-0.25, -0.2) is 0 Å². The van der Waals surface area contributed by atoms with E-state index in [0.29, 0.717) is 6.42 Å². The van der Waals surface area contributed by atoms with Crippen LogP contribution in [0.5, 0.6) is 5.75 Å². The Morgan fingerprint density at radius 2 is 2.00 bits per heavy atom. The summed E-state index contributed by atoms with van der Waals surface area (Å²) in [6.45, 7) is 6.41. The Labute approximate surface area is 112 Å². The number of aliphatic hydroxyl groups is 1. The molecule has 0 spiro atoms. The highest BCUT2D eigenvalue weighted by molar-refractivity contribution is 9.10. The molecule has 1 aromatic carbocycles. The van der Waals surface area contributed by atoms with E-state index in [1.54, 1.807) is 7.11 Å². The lowest BCUT2D eigenvalue weighted by molar-refractivity contribution is 0.121. The van der Waals surface area contributed by atoms with Crippen LogP contribution in [0.4, 0.5) is 0 Å². The molecular weight excluding hydrogens is 280 g/mol. The van der Waals surface area contributed by atoms with Gasteiger partial charge in [-0.2, -0.15) is 0 Å². The largest absolute Gasteiger partial charge is 0.497 e. The van der Waals surface area contributed by atoms with E-state index in [1.807, 2.05) is 18.2 Å². The summed E-state index contributed by atoms with van der Waals surface area (Å²) in [7, 11) is 1.65. The maximum atomic E-state index is 10.1. The van der Waals surface area contributed by atoms with Crippen LogP contribution in [0, 0.1) is 5.41 Å². The number of hydrogen-bond donors (Lipinski definition) is 1. The van der Waals surface area contributed by atoms with Crippen molar-refractivity contribution in [2.75, 3.05) is 7.11 Å². The second-order valence-electron chi connectivity index (χ2n) is 5.58. The lowest BCUT2D eigenvalue weighted by Gasteiger charge is -2.22. The molecule has 17 heavy (non-hydrogen) atoms. The van der Waals surface area contributed by atoms with E-state index >= 15 is 0 Å². The molecule has 1 N–H and O–H groups in total. The molecule has 0 aliphatic rings. The quantitative estimate of drug-likeness (QED) is 0.916. The zero-order valence-electron chi connectivity index (χ0n) is 11.0. The summed E-state index contributed by atoms with van der Waals surface area (Å²) in [6, 6.07) is 5.83. The van der Waals surface area contributed by atoms with Crippen molar-refractivity contribution in [2.45, 2.75) is 39.7 Å². The highest BCUT2D eigenvalue weighted by Crippen LogP contribution is 2.27. The second-order valence-corrected chi connectivity index (χ2v) is 6.43. The van der Waals surface area contributed by atoms with E-state index in [-0.39, 0.29) is 11.5 Å². The van der Waals surface area contributed by atoms with Crippen molar-refractivity contribution in [3.8, 4) is 5.75 Å². The topological polar surface area (TPSA) is 29.5 Å². The summed E-state index contributed by atoms with van der Waals surface area (Å²) in [5, 5.41) is 10.1. The average molecular weight is 301 g/mol. The smallest absolute Gasteiger partial charge is 0.119 e. The summed E-state index contributed by atoms with van der Waals surface area (Å²) >= 11 is 3.50. The van der Waals surface area contributed by atoms with E-state index in [4.69, 9.17) is 4.74 Å². The molecule has 1 atom stereocenters. The van der Waals surface area contributed by atoms with Gasteiger partial charge in [0.15, 0.2) is 0 Å². The van der Waals surface area contributed by atoms with E-state index in [1.165, 1.54) is 0 Å². The highest BCUT2D eigenvalue weighted by Gasteiger charge is 2.18. The van der Waals surface area contributed by atoms with Crippen LogP contribution in [0.15, 0.2) is 22.7 Å². The minimum absolute atomic E-state index is 0.144. The summed E-state index contributed by atoms with van der Waals surface area (Å²) in [5.41, 5.74) is 1.23. The van der Waals surface area contributed by atoms with E-state index in [9.17, 15) is 5.11 Å². The van der Waals surface area contributed by atoms with Gasteiger partial charge in [-0.3, -0.25) is 0 Å². The Morgan fingerprint density at radius 1 is 1.35 bits per heavy atom. The van der Waals surface area contributed by atoms with Crippen molar-refractivity contribution in [1.82, 2.24) is 0 Å². The fourth-order valence-corrected chi connectivity index (χ4v) is 2.28. The molecule has 2 nitrogen and oxygen atoms in total. The molecular formula is C14H21BrO2. The van der Waals surface area contributed by atoms with Gasteiger partial charge in [-0.15, -0.1) is 0 Å². The third kappa shape index (κ3) is 5.09. The van der Waals surface area contributed by atoms with E-state index in [0.717, 1.165) is 22.2 Å². The van der Waals surface area contributed by atoms with Crippen LogP contribution in [0.2, 0.25) is 0 Å². The third-order valence-corrected chi connectivity index (χ3v) is 3.33. The van der Waals surface area contributed by atoms with Crippen LogP contribution < -0.4 is 4.74 Å². The zero-order valence-corrected chi connectivity index (χ0v) is 12.5. The number of hydrogen-bond acceptors (Lipinski definition) is 2. The minimum atomic E-state index is -0.321. The molecule has 0 heterocycles. The average Bonchev–Trinajstić information content (AvgIpc) is 2.18. The van der Waals surface area contributed by atoms with Crippen molar-refractivity contribution in [1.29, 1.82) is 0 Å². The van der Waals surface area contributed by atoms with Gasteiger partial charge in [0.1, 0.15) is 5.75 Å². The first-order valence-corrected chi connectivity index (χ1v) is 6.61. The molecule has 0 amide bonds. The lowest BCUT2D eigenvalue weighted by atomic mass is 9.87. The molecule has 0 radical (unpaired) electrons. The lowest BCUT2D eigenvalue weighted by Crippen LogP contribution is -2.19.